The van der Waals surface area contributed by atoms with Gasteiger partial charge in [-0.2, -0.15) is 0 Å². The van der Waals surface area contributed by atoms with E-state index in [-0.39, 0.29) is 11.4 Å². The van der Waals surface area contributed by atoms with Crippen LogP contribution in [0.5, 0.6) is 0 Å². The van der Waals surface area contributed by atoms with Gasteiger partial charge in [0.1, 0.15) is 17.9 Å². The molecule has 1 N–H and O–H groups in total. The van der Waals surface area contributed by atoms with Crippen LogP contribution in [0.2, 0.25) is 0 Å². The third-order valence-corrected chi connectivity index (χ3v) is 5.60. The normalized spacial score (nSPS) is 17.6. The molecule has 0 atom stereocenters. The SMILES string of the molecule is Cc1oc2ncnc(NC3(C)CC3)c2c1C(=O)N1CCc2cnccc2C1. The number of pyridine rings is 1. The van der Waals surface area contributed by atoms with E-state index in [0.717, 1.165) is 24.8 Å². The number of aryl methyl sites for hydroxylation is 1. The molecule has 0 saturated heterocycles. The van der Waals surface area contributed by atoms with Crippen molar-refractivity contribution < 1.29 is 9.21 Å². The fourth-order valence-electron chi connectivity index (χ4n) is 3.70. The van der Waals surface area contributed by atoms with E-state index in [1.54, 1.807) is 6.20 Å². The highest BCUT2D eigenvalue weighted by molar-refractivity contribution is 6.10. The van der Waals surface area contributed by atoms with Gasteiger partial charge in [-0.3, -0.25) is 9.78 Å². The minimum atomic E-state index is -0.0347. The molecule has 1 saturated carbocycles. The van der Waals surface area contributed by atoms with Crippen molar-refractivity contribution in [2.24, 2.45) is 0 Å². The Morgan fingerprint density at radius 3 is 2.96 bits per heavy atom. The van der Waals surface area contributed by atoms with Gasteiger partial charge in [0.05, 0.1) is 10.9 Å². The number of fused-ring (bicyclic) bond motifs is 2. The van der Waals surface area contributed by atoms with Crippen LogP contribution in [-0.2, 0) is 13.0 Å². The molecule has 1 aliphatic heterocycles. The van der Waals surface area contributed by atoms with Crippen molar-refractivity contribution in [2.45, 2.75) is 45.2 Å². The predicted octanol–water partition coefficient (Wildman–Crippen LogP) is 3.09. The maximum absolute atomic E-state index is 13.4. The van der Waals surface area contributed by atoms with Gasteiger partial charge in [-0.1, -0.05) is 0 Å². The first-order chi connectivity index (χ1) is 13.0. The van der Waals surface area contributed by atoms with E-state index in [4.69, 9.17) is 4.42 Å². The molecule has 1 aliphatic carbocycles. The van der Waals surface area contributed by atoms with E-state index in [9.17, 15) is 4.79 Å². The van der Waals surface area contributed by atoms with Gasteiger partial charge in [0.2, 0.25) is 5.71 Å². The molecule has 3 aromatic rings. The Hall–Kier alpha value is -2.96. The average Bonchev–Trinajstić information content (AvgIpc) is 3.29. The van der Waals surface area contributed by atoms with Crippen LogP contribution in [0.25, 0.3) is 11.1 Å². The number of nitrogens with zero attached hydrogens (tertiary/aromatic N) is 4. The predicted molar refractivity (Wildman–Crippen MR) is 100 cm³/mol. The first-order valence-electron chi connectivity index (χ1n) is 9.27. The summed E-state index contributed by atoms with van der Waals surface area (Å²) in [5.41, 5.74) is 3.43. The van der Waals surface area contributed by atoms with Crippen molar-refractivity contribution in [1.29, 1.82) is 0 Å². The average molecular weight is 363 g/mol. The molecule has 0 aromatic carbocycles. The Morgan fingerprint density at radius 2 is 2.15 bits per heavy atom. The highest BCUT2D eigenvalue weighted by Gasteiger charge is 2.39. The van der Waals surface area contributed by atoms with Crippen LogP contribution in [-0.4, -0.2) is 37.8 Å². The van der Waals surface area contributed by atoms with Crippen molar-refractivity contribution in [3.63, 3.8) is 0 Å². The van der Waals surface area contributed by atoms with Crippen molar-refractivity contribution in [2.75, 3.05) is 11.9 Å². The third-order valence-electron chi connectivity index (χ3n) is 5.60. The summed E-state index contributed by atoms with van der Waals surface area (Å²) >= 11 is 0. The van der Waals surface area contributed by atoms with Crippen LogP contribution >= 0.6 is 0 Å². The fraction of sp³-hybridized carbons (Fsp3) is 0.400. The summed E-state index contributed by atoms with van der Waals surface area (Å²) in [6.45, 7) is 5.22. The first kappa shape index (κ1) is 16.2. The Kier molecular flexibility index (Phi) is 3.47. The van der Waals surface area contributed by atoms with Crippen LogP contribution in [0.3, 0.4) is 0 Å². The summed E-state index contributed by atoms with van der Waals surface area (Å²) in [4.78, 5) is 28.1. The molecule has 4 heterocycles. The van der Waals surface area contributed by atoms with E-state index in [1.807, 2.05) is 24.1 Å². The van der Waals surface area contributed by atoms with Crippen molar-refractivity contribution in [3.05, 3.63) is 47.2 Å². The second-order valence-corrected chi connectivity index (χ2v) is 7.74. The fourth-order valence-corrected chi connectivity index (χ4v) is 3.70. The zero-order valence-electron chi connectivity index (χ0n) is 15.5. The Morgan fingerprint density at radius 1 is 1.30 bits per heavy atom. The van der Waals surface area contributed by atoms with Crippen LogP contribution in [0.15, 0.2) is 29.2 Å². The summed E-state index contributed by atoms with van der Waals surface area (Å²) < 4.78 is 5.81. The number of carbonyl (C=O) groups is 1. The highest BCUT2D eigenvalue weighted by atomic mass is 16.3. The molecule has 1 amide bonds. The number of hydrogen-bond acceptors (Lipinski definition) is 6. The van der Waals surface area contributed by atoms with Gasteiger partial charge in [-0.25, -0.2) is 9.97 Å². The number of anilines is 1. The molecule has 0 spiro atoms. The summed E-state index contributed by atoms with van der Waals surface area (Å²) in [5.74, 6) is 1.23. The Bertz CT molecular complexity index is 1050. The molecular formula is C20H21N5O2. The molecule has 3 aromatic heterocycles. The number of furan rings is 1. The maximum atomic E-state index is 13.4. The summed E-state index contributed by atoms with van der Waals surface area (Å²) in [7, 11) is 0. The quantitative estimate of drug-likeness (QED) is 0.770. The van der Waals surface area contributed by atoms with Crippen molar-refractivity contribution in [3.8, 4) is 0 Å². The molecule has 7 nitrogen and oxygen atoms in total. The summed E-state index contributed by atoms with van der Waals surface area (Å²) in [6.07, 6.45) is 8.14. The van der Waals surface area contributed by atoms with E-state index in [0.29, 0.717) is 41.3 Å². The number of carbonyl (C=O) groups excluding carboxylic acids is 1. The zero-order chi connectivity index (χ0) is 18.6. The standard InChI is InChI=1S/C20H21N5O2/c1-12-15(19(26)25-8-4-13-9-21-7-3-14(13)10-25)16-17(24-20(2)5-6-20)22-11-23-18(16)27-12/h3,7,9,11H,4-6,8,10H2,1-2H3,(H,22,23,24). The minimum absolute atomic E-state index is 0.0347. The van der Waals surface area contributed by atoms with Gasteiger partial charge in [0.25, 0.3) is 5.91 Å². The second kappa shape index (κ2) is 5.77. The molecule has 5 rings (SSSR count). The highest BCUT2D eigenvalue weighted by Crippen LogP contribution is 2.40. The van der Waals surface area contributed by atoms with Crippen molar-refractivity contribution >= 4 is 22.8 Å². The zero-order valence-corrected chi connectivity index (χ0v) is 15.5. The van der Waals surface area contributed by atoms with Gasteiger partial charge in [-0.15, -0.1) is 0 Å². The topological polar surface area (TPSA) is 84.2 Å². The van der Waals surface area contributed by atoms with Gasteiger partial charge < -0.3 is 14.6 Å². The van der Waals surface area contributed by atoms with Gasteiger partial charge in [-0.05, 0) is 50.3 Å². The summed E-state index contributed by atoms with van der Waals surface area (Å²) in [5, 5.41) is 4.16. The largest absolute Gasteiger partial charge is 0.442 e. The number of hydrogen-bond donors (Lipinski definition) is 1. The van der Waals surface area contributed by atoms with E-state index in [1.165, 1.54) is 11.9 Å². The van der Waals surface area contributed by atoms with Crippen LogP contribution < -0.4 is 5.32 Å². The van der Waals surface area contributed by atoms with E-state index >= 15 is 0 Å². The van der Waals surface area contributed by atoms with Gasteiger partial charge in [0, 0.05) is 31.0 Å². The lowest BCUT2D eigenvalue weighted by molar-refractivity contribution is 0.0734. The molecule has 7 heteroatoms. The van der Waals surface area contributed by atoms with Crippen LogP contribution in [0.1, 0.15) is 47.0 Å². The molecule has 0 unspecified atom stereocenters. The molecule has 1 fully saturated rings. The van der Waals surface area contributed by atoms with Crippen molar-refractivity contribution in [1.82, 2.24) is 19.9 Å². The van der Waals surface area contributed by atoms with Crippen LogP contribution in [0.4, 0.5) is 5.82 Å². The number of aromatic nitrogens is 3. The third kappa shape index (κ3) is 2.74. The molecule has 2 aliphatic rings. The first-order valence-corrected chi connectivity index (χ1v) is 9.27. The Labute approximate surface area is 156 Å². The van der Waals surface area contributed by atoms with E-state index in [2.05, 4.69) is 27.2 Å². The number of nitrogens with one attached hydrogen (secondary N) is 1. The lowest BCUT2D eigenvalue weighted by Crippen LogP contribution is -2.36. The summed E-state index contributed by atoms with van der Waals surface area (Å²) in [6, 6.07) is 1.99. The second-order valence-electron chi connectivity index (χ2n) is 7.74. The maximum Gasteiger partial charge on any atom is 0.258 e. The van der Waals surface area contributed by atoms with E-state index < -0.39 is 0 Å². The molecule has 27 heavy (non-hydrogen) atoms. The van der Waals surface area contributed by atoms with Gasteiger partial charge in [0.15, 0.2) is 0 Å². The molecule has 138 valence electrons. The van der Waals surface area contributed by atoms with Crippen LogP contribution in [0, 0.1) is 6.92 Å². The lowest BCUT2D eigenvalue weighted by Gasteiger charge is -2.28. The lowest BCUT2D eigenvalue weighted by atomic mass is 10.0. The van der Waals surface area contributed by atoms with Gasteiger partial charge >= 0.3 is 0 Å². The smallest absolute Gasteiger partial charge is 0.258 e. The molecule has 0 bridgehead atoms. The monoisotopic (exact) mass is 363 g/mol. The minimum Gasteiger partial charge on any atom is -0.442 e. The number of amides is 1. The Balaban J connectivity index is 1.54. The number of rotatable bonds is 3. The molecule has 0 radical (unpaired) electrons. The molecular weight excluding hydrogens is 342 g/mol.